The van der Waals surface area contributed by atoms with Crippen molar-refractivity contribution < 1.29 is 28.6 Å². The standard InChI is InChI=1S/C65H108O6/c1-4-7-10-13-16-19-22-25-28-30-32-34-37-40-43-46-49-52-55-58-64(67)70-61-62(60-69-63(66)57-54-51-48-45-42-39-36-27-24-21-18-15-12-9-6-3)71-65(68)59-56-53-50-47-44-41-38-35-33-31-29-26-23-20-17-14-11-8-5-2/h7,10,16-21,25-29,32-36,62H,4-6,8-9,11-15,22-24,30-31,37-61H2,1-3H3/b10-7-,19-16-,20-17-,21-18-,28-25-,29-26-,34-32-,35-33-,36-27-. The lowest BCUT2D eigenvalue weighted by molar-refractivity contribution is -0.167. The van der Waals surface area contributed by atoms with Crippen LogP contribution in [0.4, 0.5) is 0 Å². The number of ether oxygens (including phenoxy) is 3. The molecule has 0 aliphatic heterocycles. The molecule has 0 aromatic carbocycles. The second-order valence-electron chi connectivity index (χ2n) is 19.2. The lowest BCUT2D eigenvalue weighted by Crippen LogP contribution is -2.30. The molecule has 0 saturated heterocycles. The molecule has 0 aliphatic carbocycles. The van der Waals surface area contributed by atoms with Gasteiger partial charge in [0.05, 0.1) is 0 Å². The number of carbonyl (C=O) groups is 3. The molecule has 0 aliphatic rings. The third-order valence-electron chi connectivity index (χ3n) is 12.2. The summed E-state index contributed by atoms with van der Waals surface area (Å²) in [6, 6.07) is 0. The minimum atomic E-state index is -0.800. The molecular weight excluding hydrogens is 877 g/mol. The molecular formula is C65H108O6. The third-order valence-corrected chi connectivity index (χ3v) is 12.2. The fraction of sp³-hybridized carbons (Fsp3) is 0.677. The van der Waals surface area contributed by atoms with Crippen molar-refractivity contribution in [2.75, 3.05) is 13.2 Å². The molecule has 1 atom stereocenters. The molecule has 0 amide bonds. The molecule has 1 unspecified atom stereocenters. The molecule has 0 radical (unpaired) electrons. The van der Waals surface area contributed by atoms with Gasteiger partial charge in [-0.1, -0.05) is 226 Å². The van der Waals surface area contributed by atoms with Gasteiger partial charge in [0.15, 0.2) is 6.10 Å². The number of esters is 3. The van der Waals surface area contributed by atoms with Crippen molar-refractivity contribution in [1.82, 2.24) is 0 Å². The first-order chi connectivity index (χ1) is 35.0. The predicted molar refractivity (Wildman–Crippen MR) is 307 cm³/mol. The summed E-state index contributed by atoms with van der Waals surface area (Å²) >= 11 is 0. The van der Waals surface area contributed by atoms with E-state index in [1.54, 1.807) is 0 Å². The largest absolute Gasteiger partial charge is 0.462 e. The SMILES string of the molecule is CC/C=C\C/C=C\C/C=C\C/C=C\CCCCCCCCC(=O)OCC(COC(=O)CCCCCCC/C=C\C/C=C\CCCCC)OC(=O)CCCCCCCC/C=C\C/C=C\C/C=C\CCCCC. The van der Waals surface area contributed by atoms with E-state index in [2.05, 4.69) is 130 Å². The highest BCUT2D eigenvalue weighted by Gasteiger charge is 2.19. The van der Waals surface area contributed by atoms with Crippen LogP contribution < -0.4 is 0 Å². The Morgan fingerprint density at radius 2 is 0.549 bits per heavy atom. The molecule has 0 heterocycles. The maximum atomic E-state index is 12.9. The van der Waals surface area contributed by atoms with Gasteiger partial charge in [-0.2, -0.15) is 0 Å². The maximum Gasteiger partial charge on any atom is 0.306 e. The summed E-state index contributed by atoms with van der Waals surface area (Å²) in [5, 5.41) is 0. The number of unbranched alkanes of at least 4 members (excludes halogenated alkanes) is 23. The van der Waals surface area contributed by atoms with Gasteiger partial charge in [0.25, 0.3) is 0 Å². The Bertz CT molecular complexity index is 1460. The molecule has 0 aromatic heterocycles. The molecule has 0 fully saturated rings. The Kier molecular flexibility index (Phi) is 55.4. The Morgan fingerprint density at radius 1 is 0.296 bits per heavy atom. The number of allylic oxidation sites excluding steroid dienone is 18. The van der Waals surface area contributed by atoms with Crippen LogP contribution in [-0.4, -0.2) is 37.2 Å². The zero-order chi connectivity index (χ0) is 51.4. The van der Waals surface area contributed by atoms with Gasteiger partial charge in [0.2, 0.25) is 0 Å². The normalized spacial score (nSPS) is 12.9. The van der Waals surface area contributed by atoms with Crippen LogP contribution in [0.3, 0.4) is 0 Å². The van der Waals surface area contributed by atoms with E-state index >= 15 is 0 Å². The molecule has 0 saturated carbocycles. The zero-order valence-corrected chi connectivity index (χ0v) is 46.2. The van der Waals surface area contributed by atoms with E-state index in [4.69, 9.17) is 14.2 Å². The monoisotopic (exact) mass is 985 g/mol. The summed E-state index contributed by atoms with van der Waals surface area (Å²) in [6.07, 6.45) is 79.2. The van der Waals surface area contributed by atoms with Crippen molar-refractivity contribution in [1.29, 1.82) is 0 Å². The number of hydrogen-bond donors (Lipinski definition) is 0. The van der Waals surface area contributed by atoms with Crippen molar-refractivity contribution in [2.45, 2.75) is 271 Å². The Hall–Kier alpha value is -3.93. The van der Waals surface area contributed by atoms with Crippen molar-refractivity contribution >= 4 is 17.9 Å². The number of carbonyl (C=O) groups excluding carboxylic acids is 3. The molecule has 71 heavy (non-hydrogen) atoms. The lowest BCUT2D eigenvalue weighted by atomic mass is 10.1. The van der Waals surface area contributed by atoms with Gasteiger partial charge in [0, 0.05) is 19.3 Å². The molecule has 0 aromatic rings. The van der Waals surface area contributed by atoms with E-state index in [0.29, 0.717) is 19.3 Å². The quantitative estimate of drug-likeness (QED) is 0.0261. The minimum absolute atomic E-state index is 0.0969. The topological polar surface area (TPSA) is 78.9 Å². The molecule has 0 N–H and O–H groups in total. The molecule has 404 valence electrons. The van der Waals surface area contributed by atoms with Gasteiger partial charge in [-0.3, -0.25) is 14.4 Å². The Balaban J connectivity index is 4.47. The number of rotatable bonds is 52. The highest BCUT2D eigenvalue weighted by atomic mass is 16.6. The molecule has 0 spiro atoms. The van der Waals surface area contributed by atoms with Crippen LogP contribution in [0.5, 0.6) is 0 Å². The fourth-order valence-corrected chi connectivity index (χ4v) is 7.82. The average Bonchev–Trinajstić information content (AvgIpc) is 3.37. The van der Waals surface area contributed by atoms with Crippen LogP contribution >= 0.6 is 0 Å². The van der Waals surface area contributed by atoms with E-state index in [1.807, 2.05) is 0 Å². The van der Waals surface area contributed by atoms with Gasteiger partial charge >= 0.3 is 17.9 Å². The highest BCUT2D eigenvalue weighted by Crippen LogP contribution is 2.14. The molecule has 0 bridgehead atoms. The number of hydrogen-bond acceptors (Lipinski definition) is 6. The fourth-order valence-electron chi connectivity index (χ4n) is 7.82. The average molecular weight is 986 g/mol. The third kappa shape index (κ3) is 56.9. The van der Waals surface area contributed by atoms with Gasteiger partial charge in [-0.25, -0.2) is 0 Å². The summed E-state index contributed by atoms with van der Waals surface area (Å²) in [5.41, 5.74) is 0. The maximum absolute atomic E-state index is 12.9. The van der Waals surface area contributed by atoms with Crippen LogP contribution in [0.25, 0.3) is 0 Å². The molecule has 6 nitrogen and oxygen atoms in total. The molecule has 0 rings (SSSR count). The summed E-state index contributed by atoms with van der Waals surface area (Å²) in [5.74, 6) is -0.934. The summed E-state index contributed by atoms with van der Waals surface area (Å²) in [6.45, 7) is 6.44. The first-order valence-electron chi connectivity index (χ1n) is 29.4. The minimum Gasteiger partial charge on any atom is -0.462 e. The van der Waals surface area contributed by atoms with Gasteiger partial charge < -0.3 is 14.2 Å². The van der Waals surface area contributed by atoms with E-state index in [-0.39, 0.29) is 31.1 Å². The predicted octanol–water partition coefficient (Wildman–Crippen LogP) is 19.9. The second-order valence-corrected chi connectivity index (χ2v) is 19.2. The lowest BCUT2D eigenvalue weighted by Gasteiger charge is -2.18. The van der Waals surface area contributed by atoms with E-state index in [0.717, 1.165) is 148 Å². The summed E-state index contributed by atoms with van der Waals surface area (Å²) < 4.78 is 16.9. The summed E-state index contributed by atoms with van der Waals surface area (Å²) in [4.78, 5) is 38.2. The van der Waals surface area contributed by atoms with Gasteiger partial charge in [-0.05, 0) is 128 Å². The van der Waals surface area contributed by atoms with Crippen molar-refractivity contribution in [2.24, 2.45) is 0 Å². The van der Waals surface area contributed by atoms with Crippen LogP contribution in [0.1, 0.15) is 265 Å². The van der Waals surface area contributed by atoms with Crippen molar-refractivity contribution in [3.05, 3.63) is 109 Å². The smallest absolute Gasteiger partial charge is 0.306 e. The summed E-state index contributed by atoms with van der Waals surface area (Å²) in [7, 11) is 0. The first kappa shape index (κ1) is 67.1. The second kappa shape index (κ2) is 58.6. The van der Waals surface area contributed by atoms with Gasteiger partial charge in [0.1, 0.15) is 13.2 Å². The van der Waals surface area contributed by atoms with Crippen molar-refractivity contribution in [3.63, 3.8) is 0 Å². The molecule has 6 heteroatoms. The Labute approximate surface area is 438 Å². The van der Waals surface area contributed by atoms with Crippen LogP contribution in [0, 0.1) is 0 Å². The first-order valence-corrected chi connectivity index (χ1v) is 29.4. The Morgan fingerprint density at radius 3 is 0.859 bits per heavy atom. The van der Waals surface area contributed by atoms with E-state index in [9.17, 15) is 14.4 Å². The zero-order valence-electron chi connectivity index (χ0n) is 46.2. The van der Waals surface area contributed by atoms with Crippen LogP contribution in [-0.2, 0) is 28.6 Å². The van der Waals surface area contributed by atoms with Gasteiger partial charge in [-0.15, -0.1) is 0 Å². The van der Waals surface area contributed by atoms with Crippen molar-refractivity contribution in [3.8, 4) is 0 Å². The van der Waals surface area contributed by atoms with Crippen LogP contribution in [0.15, 0.2) is 109 Å². The van der Waals surface area contributed by atoms with E-state index in [1.165, 1.54) is 77.0 Å². The highest BCUT2D eigenvalue weighted by molar-refractivity contribution is 5.71. The van der Waals surface area contributed by atoms with E-state index < -0.39 is 6.10 Å². The van der Waals surface area contributed by atoms with Crippen LogP contribution in [0.2, 0.25) is 0 Å².